The van der Waals surface area contributed by atoms with Gasteiger partial charge in [-0.1, -0.05) is 6.07 Å². The fourth-order valence-corrected chi connectivity index (χ4v) is 1.35. The maximum atomic E-state index is 13.0. The van der Waals surface area contributed by atoms with Gasteiger partial charge in [-0.2, -0.15) is 8.78 Å². The molecule has 0 aliphatic carbocycles. The van der Waals surface area contributed by atoms with Gasteiger partial charge < -0.3 is 5.32 Å². The van der Waals surface area contributed by atoms with E-state index >= 15 is 0 Å². The number of halogens is 6. The van der Waals surface area contributed by atoms with Crippen molar-refractivity contribution < 1.29 is 22.0 Å². The quantitative estimate of drug-likeness (QED) is 0.819. The Balaban J connectivity index is 2.49. The number of benzene rings is 1. The summed E-state index contributed by atoms with van der Waals surface area (Å²) >= 11 is 2.93. The largest absolute Gasteiger partial charge is 0.319 e. The molecule has 0 radical (unpaired) electrons. The molecule has 1 aromatic rings. The van der Waals surface area contributed by atoms with Gasteiger partial charge in [0.2, 0.25) is 0 Å². The third-order valence-electron chi connectivity index (χ3n) is 1.99. The molecule has 17 heavy (non-hydrogen) atoms. The van der Waals surface area contributed by atoms with Gasteiger partial charge >= 0.3 is 12.3 Å². The van der Waals surface area contributed by atoms with Crippen LogP contribution in [0.15, 0.2) is 22.7 Å². The second kappa shape index (κ2) is 5.77. The van der Waals surface area contributed by atoms with Gasteiger partial charge in [-0.25, -0.2) is 13.2 Å². The van der Waals surface area contributed by atoms with Gasteiger partial charge in [0.1, 0.15) is 5.82 Å². The number of nitrogens with one attached hydrogen (secondary N) is 1. The Bertz CT molecular complexity index is 383. The molecule has 0 aliphatic rings. The zero-order chi connectivity index (χ0) is 13.1. The van der Waals surface area contributed by atoms with Gasteiger partial charge in [0.05, 0.1) is 11.0 Å². The van der Waals surface area contributed by atoms with Gasteiger partial charge in [-0.05, 0) is 33.6 Å². The van der Waals surface area contributed by atoms with Crippen molar-refractivity contribution in [1.82, 2.24) is 5.32 Å². The summed E-state index contributed by atoms with van der Waals surface area (Å²) in [4.78, 5) is 0. The standard InChI is InChI=1S/C10H9BrF5N/c11-7-2-1-6(3-8(7)12)4-17-5-10(15,16)9(13)14/h1-3,9,17H,4-5H2. The zero-order valence-corrected chi connectivity index (χ0v) is 10.1. The summed E-state index contributed by atoms with van der Waals surface area (Å²) in [6, 6.07) is 4.05. The van der Waals surface area contributed by atoms with Crippen LogP contribution in [0.1, 0.15) is 5.56 Å². The van der Waals surface area contributed by atoms with Gasteiger partial charge in [0, 0.05) is 6.54 Å². The van der Waals surface area contributed by atoms with Crippen LogP contribution < -0.4 is 5.32 Å². The maximum absolute atomic E-state index is 13.0. The molecule has 0 atom stereocenters. The van der Waals surface area contributed by atoms with E-state index in [-0.39, 0.29) is 11.0 Å². The molecule has 1 nitrogen and oxygen atoms in total. The first kappa shape index (κ1) is 14.4. The Morgan fingerprint density at radius 3 is 2.47 bits per heavy atom. The van der Waals surface area contributed by atoms with Crippen molar-refractivity contribution in [2.75, 3.05) is 6.54 Å². The highest BCUT2D eigenvalue weighted by Gasteiger charge is 2.39. The first-order valence-corrected chi connectivity index (χ1v) is 5.43. The summed E-state index contributed by atoms with van der Waals surface area (Å²) < 4.78 is 61.9. The Kier molecular flexibility index (Phi) is 4.88. The van der Waals surface area contributed by atoms with Gasteiger partial charge in [-0.3, -0.25) is 0 Å². The minimum atomic E-state index is -4.08. The van der Waals surface area contributed by atoms with Crippen LogP contribution in [0.25, 0.3) is 0 Å². The van der Waals surface area contributed by atoms with E-state index < -0.39 is 24.7 Å². The summed E-state index contributed by atoms with van der Waals surface area (Å²) in [5.74, 6) is -4.61. The average Bonchev–Trinajstić information content (AvgIpc) is 2.23. The predicted octanol–water partition coefficient (Wildman–Crippen LogP) is 3.58. The first-order valence-electron chi connectivity index (χ1n) is 4.63. The molecule has 0 aliphatic heterocycles. The first-order chi connectivity index (χ1) is 7.83. The normalized spacial score (nSPS) is 12.2. The van der Waals surface area contributed by atoms with E-state index in [4.69, 9.17) is 0 Å². The SMILES string of the molecule is Fc1cc(CNCC(F)(F)C(F)F)ccc1Br. The van der Waals surface area contributed by atoms with E-state index in [0.29, 0.717) is 5.56 Å². The highest BCUT2D eigenvalue weighted by Crippen LogP contribution is 2.22. The molecule has 1 N–H and O–H groups in total. The van der Waals surface area contributed by atoms with Crippen LogP contribution in [0.3, 0.4) is 0 Å². The minimum absolute atomic E-state index is 0.105. The summed E-state index contributed by atoms with van der Waals surface area (Å²) in [6.07, 6.45) is -3.71. The second-order valence-corrected chi connectivity index (χ2v) is 4.27. The molecule has 0 amide bonds. The molecule has 0 unspecified atom stereocenters. The predicted molar refractivity (Wildman–Crippen MR) is 56.8 cm³/mol. The van der Waals surface area contributed by atoms with Crippen LogP contribution >= 0.6 is 15.9 Å². The molecule has 0 saturated carbocycles. The summed E-state index contributed by atoms with van der Waals surface area (Å²) in [7, 11) is 0. The highest BCUT2D eigenvalue weighted by atomic mass is 79.9. The third-order valence-corrected chi connectivity index (χ3v) is 2.64. The van der Waals surface area contributed by atoms with E-state index in [1.807, 2.05) is 0 Å². The molecule has 0 spiro atoms. The van der Waals surface area contributed by atoms with Crippen molar-refractivity contribution in [3.8, 4) is 0 Å². The van der Waals surface area contributed by atoms with E-state index in [1.54, 1.807) is 0 Å². The van der Waals surface area contributed by atoms with Crippen LogP contribution in [0.4, 0.5) is 22.0 Å². The van der Waals surface area contributed by atoms with Crippen molar-refractivity contribution in [1.29, 1.82) is 0 Å². The molecule has 1 aromatic carbocycles. The monoisotopic (exact) mass is 317 g/mol. The van der Waals surface area contributed by atoms with Gasteiger partial charge in [0.25, 0.3) is 0 Å². The van der Waals surface area contributed by atoms with E-state index in [9.17, 15) is 22.0 Å². The van der Waals surface area contributed by atoms with Crippen LogP contribution in [-0.4, -0.2) is 18.9 Å². The molecule has 96 valence electrons. The summed E-state index contributed by atoms with van der Waals surface area (Å²) in [6.45, 7) is -1.26. The second-order valence-electron chi connectivity index (χ2n) is 3.41. The fraction of sp³-hybridized carbons (Fsp3) is 0.400. The molecule has 0 saturated heterocycles. The molecular formula is C10H9BrF5N. The summed E-state index contributed by atoms with van der Waals surface area (Å²) in [5, 5.41) is 2.16. The molecule has 0 heterocycles. The molecule has 0 bridgehead atoms. The van der Waals surface area contributed by atoms with Crippen molar-refractivity contribution >= 4 is 15.9 Å². The van der Waals surface area contributed by atoms with Crippen molar-refractivity contribution in [3.63, 3.8) is 0 Å². The van der Waals surface area contributed by atoms with E-state index in [1.165, 1.54) is 12.1 Å². The van der Waals surface area contributed by atoms with Gasteiger partial charge in [0.15, 0.2) is 0 Å². The van der Waals surface area contributed by atoms with Crippen LogP contribution in [0.2, 0.25) is 0 Å². The van der Waals surface area contributed by atoms with Crippen molar-refractivity contribution in [2.45, 2.75) is 18.9 Å². The topological polar surface area (TPSA) is 12.0 Å². The van der Waals surface area contributed by atoms with Crippen LogP contribution in [-0.2, 0) is 6.54 Å². The molecule has 1 rings (SSSR count). The average molecular weight is 318 g/mol. The lowest BCUT2D eigenvalue weighted by Gasteiger charge is -2.15. The maximum Gasteiger partial charge on any atom is 0.319 e. The van der Waals surface area contributed by atoms with Gasteiger partial charge in [-0.15, -0.1) is 0 Å². The third kappa shape index (κ3) is 4.23. The Labute approximate surface area is 103 Å². The summed E-state index contributed by atoms with van der Waals surface area (Å²) in [5.41, 5.74) is 0.399. The Hall–Kier alpha value is -0.690. The molecule has 0 fully saturated rings. The Morgan fingerprint density at radius 2 is 1.94 bits per heavy atom. The number of rotatable bonds is 5. The number of alkyl halides is 4. The van der Waals surface area contributed by atoms with Crippen molar-refractivity contribution in [2.24, 2.45) is 0 Å². The van der Waals surface area contributed by atoms with Crippen molar-refractivity contribution in [3.05, 3.63) is 34.1 Å². The van der Waals surface area contributed by atoms with Crippen LogP contribution in [0, 0.1) is 5.82 Å². The molecule has 0 aromatic heterocycles. The lowest BCUT2D eigenvalue weighted by atomic mass is 10.2. The van der Waals surface area contributed by atoms with E-state index in [0.717, 1.165) is 6.07 Å². The zero-order valence-electron chi connectivity index (χ0n) is 8.49. The van der Waals surface area contributed by atoms with E-state index in [2.05, 4.69) is 21.2 Å². The fourth-order valence-electron chi connectivity index (χ4n) is 1.10. The van der Waals surface area contributed by atoms with Crippen LogP contribution in [0.5, 0.6) is 0 Å². The highest BCUT2D eigenvalue weighted by molar-refractivity contribution is 9.10. The number of hydrogen-bond acceptors (Lipinski definition) is 1. The lowest BCUT2D eigenvalue weighted by molar-refractivity contribution is -0.125. The lowest BCUT2D eigenvalue weighted by Crippen LogP contribution is -2.38. The molecule has 7 heteroatoms. The Morgan fingerprint density at radius 1 is 1.29 bits per heavy atom. The smallest absolute Gasteiger partial charge is 0.307 e. The minimum Gasteiger partial charge on any atom is -0.307 e. The molecular weight excluding hydrogens is 309 g/mol. The number of hydrogen-bond donors (Lipinski definition) is 1.